The minimum absolute atomic E-state index is 0.320. The Hall–Kier alpha value is -0.710. The van der Waals surface area contributed by atoms with Crippen LogP contribution < -0.4 is 4.72 Å². The Kier molecular flexibility index (Phi) is 6.39. The molecule has 0 saturated heterocycles. The second-order valence-electron chi connectivity index (χ2n) is 4.54. The predicted molar refractivity (Wildman–Crippen MR) is 70.7 cm³/mol. The summed E-state index contributed by atoms with van der Waals surface area (Å²) in [5.41, 5.74) is 0. The van der Waals surface area contributed by atoms with Gasteiger partial charge in [-0.1, -0.05) is 0 Å². The van der Waals surface area contributed by atoms with Crippen molar-refractivity contribution in [3.05, 3.63) is 0 Å². The van der Waals surface area contributed by atoms with Crippen LogP contribution in [0.4, 0.5) is 0 Å². The maximum Gasteiger partial charge on any atom is 0.321 e. The quantitative estimate of drug-likeness (QED) is 0.595. The highest BCUT2D eigenvalue weighted by Gasteiger charge is 2.28. The average Bonchev–Trinajstić information content (AvgIpc) is 2.21. The van der Waals surface area contributed by atoms with Crippen LogP contribution in [-0.4, -0.2) is 63.4 Å². The van der Waals surface area contributed by atoms with Crippen LogP contribution in [0.5, 0.6) is 0 Å². The van der Waals surface area contributed by atoms with E-state index in [1.165, 1.54) is 7.05 Å². The Balaban J connectivity index is 4.91. The topological polar surface area (TPSA) is 121 Å². The van der Waals surface area contributed by atoms with Gasteiger partial charge in [-0.05, 0) is 20.3 Å². The monoisotopic (exact) mass is 316 g/mol. The summed E-state index contributed by atoms with van der Waals surface area (Å²) in [6, 6.07) is -1.82. The molecule has 19 heavy (non-hydrogen) atoms. The summed E-state index contributed by atoms with van der Waals surface area (Å²) in [7, 11) is -6.01. The third-order valence-electron chi connectivity index (χ3n) is 2.47. The fraction of sp³-hybridized carbons (Fsp3) is 0.889. The van der Waals surface area contributed by atoms with Crippen LogP contribution in [0.3, 0.4) is 0 Å². The smallest absolute Gasteiger partial charge is 0.321 e. The maximum atomic E-state index is 11.8. The maximum absolute atomic E-state index is 11.8. The minimum atomic E-state index is -3.96. The molecule has 0 spiro atoms. The molecule has 0 aliphatic carbocycles. The van der Waals surface area contributed by atoms with Crippen LogP contribution in [0.1, 0.15) is 20.3 Å². The second-order valence-corrected chi connectivity index (χ2v) is 8.56. The van der Waals surface area contributed by atoms with E-state index in [0.717, 1.165) is 10.6 Å². The van der Waals surface area contributed by atoms with E-state index in [1.54, 1.807) is 13.8 Å². The molecule has 0 saturated carbocycles. The number of nitrogens with zero attached hydrogens (tertiary/aromatic N) is 1. The number of carboxylic acid groups (broad SMARTS) is 1. The number of nitrogens with one attached hydrogen (secondary N) is 1. The Bertz CT molecular complexity index is 511. The molecule has 0 aliphatic heterocycles. The van der Waals surface area contributed by atoms with Crippen LogP contribution >= 0.6 is 0 Å². The molecular weight excluding hydrogens is 296 g/mol. The first-order chi connectivity index (χ1) is 8.37. The Morgan fingerprint density at radius 1 is 1.26 bits per heavy atom. The van der Waals surface area contributed by atoms with Crippen molar-refractivity contribution in [1.82, 2.24) is 9.03 Å². The molecule has 0 bridgehead atoms. The van der Waals surface area contributed by atoms with E-state index in [0.29, 0.717) is 0 Å². The van der Waals surface area contributed by atoms with Crippen LogP contribution in [0.15, 0.2) is 0 Å². The van der Waals surface area contributed by atoms with Gasteiger partial charge in [0.1, 0.15) is 15.9 Å². The number of aliphatic carboxylic acids is 1. The standard InChI is InChI=1S/C9H20N2O6S2/c1-7(2)11(3)19(16,17)10-8(9(12)13)5-6-18(4,14)15/h7-8,10H,5-6H2,1-4H3,(H,12,13). The number of rotatable bonds is 8. The van der Waals surface area contributed by atoms with Crippen molar-refractivity contribution in [2.75, 3.05) is 19.1 Å². The van der Waals surface area contributed by atoms with Gasteiger partial charge in [0.2, 0.25) is 0 Å². The molecule has 0 radical (unpaired) electrons. The van der Waals surface area contributed by atoms with Gasteiger partial charge in [-0.3, -0.25) is 4.79 Å². The van der Waals surface area contributed by atoms with Gasteiger partial charge in [0.05, 0.1) is 5.75 Å². The van der Waals surface area contributed by atoms with E-state index in [2.05, 4.69) is 0 Å². The Labute approximate surface area is 113 Å². The van der Waals surface area contributed by atoms with E-state index in [1.807, 2.05) is 4.72 Å². The van der Waals surface area contributed by atoms with Crippen LogP contribution in [0.2, 0.25) is 0 Å². The predicted octanol–water partition coefficient (Wildman–Crippen LogP) is -0.951. The lowest BCUT2D eigenvalue weighted by molar-refractivity contribution is -0.139. The molecule has 1 atom stereocenters. The molecule has 0 fully saturated rings. The van der Waals surface area contributed by atoms with Gasteiger partial charge in [-0.2, -0.15) is 17.4 Å². The molecule has 0 amide bonds. The summed E-state index contributed by atoms with van der Waals surface area (Å²) >= 11 is 0. The normalized spacial score (nSPS) is 14.8. The molecule has 0 aromatic carbocycles. The summed E-state index contributed by atoms with van der Waals surface area (Å²) in [6.07, 6.45) is 0.639. The Morgan fingerprint density at radius 2 is 1.74 bits per heavy atom. The molecule has 0 rings (SSSR count). The summed E-state index contributed by atoms with van der Waals surface area (Å²) in [5, 5.41) is 8.91. The number of hydrogen-bond acceptors (Lipinski definition) is 5. The minimum Gasteiger partial charge on any atom is -0.480 e. The molecule has 8 nitrogen and oxygen atoms in total. The van der Waals surface area contributed by atoms with E-state index in [-0.39, 0.29) is 12.5 Å². The van der Waals surface area contributed by atoms with Crippen molar-refractivity contribution in [3.63, 3.8) is 0 Å². The molecule has 0 heterocycles. The van der Waals surface area contributed by atoms with Gasteiger partial charge in [0.25, 0.3) is 10.2 Å². The van der Waals surface area contributed by atoms with Crippen LogP contribution in [0, 0.1) is 0 Å². The Morgan fingerprint density at radius 3 is 2.05 bits per heavy atom. The van der Waals surface area contributed by atoms with Crippen molar-refractivity contribution >= 4 is 26.0 Å². The highest BCUT2D eigenvalue weighted by molar-refractivity contribution is 7.90. The van der Waals surface area contributed by atoms with Crippen molar-refractivity contribution in [3.8, 4) is 0 Å². The molecule has 0 aromatic heterocycles. The lowest BCUT2D eigenvalue weighted by atomic mass is 10.2. The zero-order valence-electron chi connectivity index (χ0n) is 11.3. The van der Waals surface area contributed by atoms with Gasteiger partial charge >= 0.3 is 5.97 Å². The van der Waals surface area contributed by atoms with E-state index in [4.69, 9.17) is 5.11 Å². The lowest BCUT2D eigenvalue weighted by Crippen LogP contribution is -2.49. The largest absolute Gasteiger partial charge is 0.480 e. The fourth-order valence-corrected chi connectivity index (χ4v) is 3.07. The third kappa shape index (κ3) is 6.85. The van der Waals surface area contributed by atoms with Crippen molar-refractivity contribution in [2.45, 2.75) is 32.4 Å². The van der Waals surface area contributed by atoms with Crippen LogP contribution in [0.25, 0.3) is 0 Å². The SMILES string of the molecule is CC(C)N(C)S(=O)(=O)NC(CCS(C)(=O)=O)C(=O)O. The second kappa shape index (κ2) is 6.64. The van der Waals surface area contributed by atoms with E-state index >= 15 is 0 Å². The first kappa shape index (κ1) is 18.3. The third-order valence-corrected chi connectivity index (χ3v) is 5.21. The number of hydrogen-bond donors (Lipinski definition) is 2. The van der Waals surface area contributed by atoms with Crippen molar-refractivity contribution in [1.29, 1.82) is 0 Å². The van der Waals surface area contributed by atoms with Gasteiger partial charge in [-0.25, -0.2) is 8.42 Å². The van der Waals surface area contributed by atoms with E-state index < -0.39 is 37.8 Å². The average molecular weight is 316 g/mol. The summed E-state index contributed by atoms with van der Waals surface area (Å²) in [4.78, 5) is 10.9. The van der Waals surface area contributed by atoms with Gasteiger partial charge in [0, 0.05) is 19.3 Å². The lowest BCUT2D eigenvalue weighted by Gasteiger charge is -2.23. The zero-order valence-corrected chi connectivity index (χ0v) is 13.0. The molecule has 0 aromatic rings. The highest BCUT2D eigenvalue weighted by atomic mass is 32.2. The summed E-state index contributed by atoms with van der Waals surface area (Å²) < 4.78 is 48.6. The first-order valence-corrected chi connectivity index (χ1v) is 9.02. The van der Waals surface area contributed by atoms with Crippen molar-refractivity contribution in [2.24, 2.45) is 0 Å². The first-order valence-electron chi connectivity index (χ1n) is 5.52. The van der Waals surface area contributed by atoms with Gasteiger partial charge in [-0.15, -0.1) is 0 Å². The summed E-state index contributed by atoms with van der Waals surface area (Å²) in [5.74, 6) is -1.82. The molecule has 0 aliphatic rings. The molecule has 114 valence electrons. The fourth-order valence-electron chi connectivity index (χ4n) is 1.11. The molecule has 2 N–H and O–H groups in total. The number of sulfone groups is 1. The number of carbonyl (C=O) groups is 1. The highest BCUT2D eigenvalue weighted by Crippen LogP contribution is 2.05. The molecule has 1 unspecified atom stereocenters. The number of carboxylic acids is 1. The van der Waals surface area contributed by atoms with Gasteiger partial charge < -0.3 is 5.11 Å². The molecule has 10 heteroatoms. The van der Waals surface area contributed by atoms with Gasteiger partial charge in [0.15, 0.2) is 0 Å². The van der Waals surface area contributed by atoms with Crippen molar-refractivity contribution < 1.29 is 26.7 Å². The van der Waals surface area contributed by atoms with Crippen LogP contribution in [-0.2, 0) is 24.8 Å². The molecular formula is C9H20N2O6S2. The van der Waals surface area contributed by atoms with E-state index in [9.17, 15) is 21.6 Å². The zero-order chi connectivity index (χ0) is 15.4. The summed E-state index contributed by atoms with van der Waals surface area (Å²) in [6.45, 7) is 3.26.